The molecule has 14 nitrogen and oxygen atoms in total. The van der Waals surface area contributed by atoms with Crippen LogP contribution in [0.25, 0.3) is 22.3 Å². The summed E-state index contributed by atoms with van der Waals surface area (Å²) >= 11 is 0. The lowest BCUT2D eigenvalue weighted by molar-refractivity contribution is -0.0459. The van der Waals surface area contributed by atoms with Crippen molar-refractivity contribution in [2.24, 2.45) is 0 Å². The summed E-state index contributed by atoms with van der Waals surface area (Å²) in [4.78, 5) is 51.2. The number of nitrogens with zero attached hydrogens (tertiary/aromatic N) is 6. The molecule has 0 unspecified atom stereocenters. The quantitative estimate of drug-likeness (QED) is 0.306. The maximum Gasteiger partial charge on any atom is 0.413 e. The number of imidazole rings is 2. The Bertz CT molecular complexity index is 1410. The summed E-state index contributed by atoms with van der Waals surface area (Å²) < 4.78 is 22.1. The van der Waals surface area contributed by atoms with Gasteiger partial charge in [0.2, 0.25) is 6.61 Å². The van der Waals surface area contributed by atoms with E-state index in [4.69, 9.17) is 18.9 Å². The second-order valence-corrected chi connectivity index (χ2v) is 12.5. The van der Waals surface area contributed by atoms with Crippen LogP contribution in [0.15, 0.2) is 36.7 Å². The molecule has 2 fully saturated rings. The predicted molar refractivity (Wildman–Crippen MR) is 160 cm³/mol. The van der Waals surface area contributed by atoms with Crippen LogP contribution in [0.1, 0.15) is 65.4 Å². The van der Waals surface area contributed by atoms with Crippen LogP contribution in [0.3, 0.4) is 0 Å². The Morgan fingerprint density at radius 2 is 1.36 bits per heavy atom. The number of amides is 2. The third kappa shape index (κ3) is 7.94. The van der Waals surface area contributed by atoms with Gasteiger partial charge in [-0.1, -0.05) is 0 Å². The smallest absolute Gasteiger partial charge is 0.413 e. The molecule has 0 radical (unpaired) electrons. The maximum atomic E-state index is 12.2. The maximum absolute atomic E-state index is 12.2. The highest BCUT2D eigenvalue weighted by atomic mass is 16.6. The fraction of sp³-hybridized carbons (Fsp3) is 0.500. The Morgan fingerprint density at radius 3 is 1.91 bits per heavy atom. The van der Waals surface area contributed by atoms with E-state index in [0.717, 1.165) is 11.0 Å². The lowest BCUT2D eigenvalue weighted by Gasteiger charge is -2.33. The lowest BCUT2D eigenvalue weighted by Crippen LogP contribution is -2.44. The van der Waals surface area contributed by atoms with Gasteiger partial charge in [-0.25, -0.2) is 29.5 Å². The van der Waals surface area contributed by atoms with Gasteiger partial charge in [0.1, 0.15) is 29.0 Å². The molecule has 0 saturated carbocycles. The Balaban J connectivity index is 0.000000175. The first-order valence-electron chi connectivity index (χ1n) is 14.5. The molecule has 0 bridgehead atoms. The number of carbonyl (C=O) groups is 2. The van der Waals surface area contributed by atoms with Crippen LogP contribution < -0.4 is 0 Å². The van der Waals surface area contributed by atoms with Crippen molar-refractivity contribution in [1.82, 2.24) is 39.7 Å². The van der Waals surface area contributed by atoms with Crippen molar-refractivity contribution in [3.05, 3.63) is 54.9 Å². The molecule has 234 valence electrons. The van der Waals surface area contributed by atoms with Crippen molar-refractivity contribution < 1.29 is 28.5 Å². The van der Waals surface area contributed by atoms with Gasteiger partial charge in [0, 0.05) is 18.9 Å². The van der Waals surface area contributed by atoms with Crippen molar-refractivity contribution >= 4 is 34.5 Å². The highest BCUT2D eigenvalue weighted by Gasteiger charge is 2.36. The van der Waals surface area contributed by atoms with E-state index in [1.807, 2.05) is 65.8 Å². The van der Waals surface area contributed by atoms with Gasteiger partial charge in [0.05, 0.1) is 30.7 Å². The van der Waals surface area contributed by atoms with Gasteiger partial charge in [-0.3, -0.25) is 4.90 Å². The van der Waals surface area contributed by atoms with Gasteiger partial charge in [-0.2, -0.15) is 4.74 Å². The SMILES string of the molecule is CC(C)(C)OC(=O)N1CCO[C@@H](c2nc3ncccc3[nH]2)C1.CC(C)(C)OC(=O)N1C[CH+]O[C@H](c2nc3ncccc3[nH]2)C1. The molecule has 2 N–H and O–H groups in total. The lowest BCUT2D eigenvalue weighted by atomic mass is 10.2. The minimum Gasteiger partial charge on any atom is -0.444 e. The number of hydrogen-bond donors (Lipinski definition) is 2. The molecule has 2 atom stereocenters. The molecule has 2 aliphatic heterocycles. The molecule has 6 heterocycles. The summed E-state index contributed by atoms with van der Waals surface area (Å²) in [5, 5.41) is 0. The van der Waals surface area contributed by atoms with Gasteiger partial charge in [0.25, 0.3) is 0 Å². The molecule has 4 aromatic rings. The summed E-state index contributed by atoms with van der Waals surface area (Å²) in [7, 11) is 0. The normalized spacial score (nSPS) is 19.2. The molecular formula is C30H39N8O6+. The van der Waals surface area contributed by atoms with Gasteiger partial charge in [-0.05, 0) is 65.8 Å². The van der Waals surface area contributed by atoms with E-state index in [1.54, 1.807) is 28.8 Å². The van der Waals surface area contributed by atoms with Gasteiger partial charge in [0.15, 0.2) is 23.9 Å². The molecule has 0 aromatic carbocycles. The van der Waals surface area contributed by atoms with E-state index < -0.39 is 11.2 Å². The molecule has 4 aromatic heterocycles. The van der Waals surface area contributed by atoms with E-state index in [1.165, 1.54) is 0 Å². The van der Waals surface area contributed by atoms with Crippen LogP contribution in [-0.4, -0.2) is 95.9 Å². The summed E-state index contributed by atoms with van der Waals surface area (Å²) in [6, 6.07) is 7.49. The van der Waals surface area contributed by atoms with Crippen molar-refractivity contribution in [2.45, 2.75) is 65.0 Å². The number of aromatic nitrogens is 6. The molecule has 0 aliphatic carbocycles. The van der Waals surface area contributed by atoms with E-state index in [-0.39, 0.29) is 24.4 Å². The number of aromatic amines is 2. The average molecular weight is 608 g/mol. The molecule has 0 spiro atoms. The number of fused-ring (bicyclic) bond motifs is 2. The van der Waals surface area contributed by atoms with E-state index >= 15 is 0 Å². The Morgan fingerprint density at radius 1 is 0.841 bits per heavy atom. The third-order valence-electron chi connectivity index (χ3n) is 6.47. The van der Waals surface area contributed by atoms with Crippen LogP contribution in [0.2, 0.25) is 0 Å². The zero-order valence-corrected chi connectivity index (χ0v) is 25.9. The number of morpholine rings is 2. The van der Waals surface area contributed by atoms with Gasteiger partial charge in [-0.15, -0.1) is 0 Å². The minimum absolute atomic E-state index is 0.296. The van der Waals surface area contributed by atoms with Gasteiger partial charge < -0.3 is 29.1 Å². The molecule has 2 saturated heterocycles. The molecule has 44 heavy (non-hydrogen) atoms. The molecule has 6 rings (SSSR count). The topological polar surface area (TPSA) is 161 Å². The Hall–Kier alpha value is -4.43. The van der Waals surface area contributed by atoms with E-state index in [0.29, 0.717) is 55.7 Å². The zero-order valence-electron chi connectivity index (χ0n) is 25.9. The van der Waals surface area contributed by atoms with Crippen molar-refractivity contribution in [3.8, 4) is 0 Å². The monoisotopic (exact) mass is 607 g/mol. The van der Waals surface area contributed by atoms with Crippen LogP contribution in [0.5, 0.6) is 0 Å². The van der Waals surface area contributed by atoms with Gasteiger partial charge >= 0.3 is 12.2 Å². The van der Waals surface area contributed by atoms with Crippen LogP contribution >= 0.6 is 0 Å². The second kappa shape index (κ2) is 12.7. The predicted octanol–water partition coefficient (Wildman–Crippen LogP) is 4.69. The van der Waals surface area contributed by atoms with Crippen LogP contribution in [0, 0.1) is 6.61 Å². The van der Waals surface area contributed by atoms with Crippen LogP contribution in [-0.2, 0) is 18.9 Å². The van der Waals surface area contributed by atoms with E-state index in [9.17, 15) is 9.59 Å². The standard InChI is InChI=1S/C15H20N4O3.C15H19N4O3/c2*1-15(2,3)22-14(20)19-7-8-21-11(9-19)13-17-10-5-4-6-16-12(10)18-13/h4-6,11H,7-9H2,1-3H3,(H,16,17,18);4-6,8,11H,7,9H2,1-3H3,(H,16,17,18)/q;+1/t2*11-/m10/s1. The number of carbonyl (C=O) groups excluding carboxylic acids is 2. The average Bonchev–Trinajstić information content (AvgIpc) is 3.61. The van der Waals surface area contributed by atoms with Crippen molar-refractivity contribution in [2.75, 3.05) is 32.8 Å². The first-order valence-corrected chi connectivity index (χ1v) is 14.5. The number of H-pyrrole nitrogens is 2. The molecule has 2 aliphatic rings. The Labute approximate surface area is 255 Å². The van der Waals surface area contributed by atoms with E-state index in [2.05, 4.69) is 29.9 Å². The summed E-state index contributed by atoms with van der Waals surface area (Å²) in [5.74, 6) is 1.33. The number of nitrogens with one attached hydrogen (secondary N) is 2. The summed E-state index contributed by atoms with van der Waals surface area (Å²) in [5.41, 5.74) is 1.96. The number of pyridine rings is 2. The summed E-state index contributed by atoms with van der Waals surface area (Å²) in [6.07, 6.45) is 2.06. The molecular weight excluding hydrogens is 568 g/mol. The number of hydrogen-bond acceptors (Lipinski definition) is 10. The minimum atomic E-state index is -0.520. The fourth-order valence-electron chi connectivity index (χ4n) is 4.53. The number of ether oxygens (including phenoxy) is 4. The highest BCUT2D eigenvalue weighted by molar-refractivity contribution is 5.71. The second-order valence-electron chi connectivity index (χ2n) is 12.5. The third-order valence-corrected chi connectivity index (χ3v) is 6.47. The largest absolute Gasteiger partial charge is 0.444 e. The first kappa shape index (κ1) is 31.0. The first-order chi connectivity index (χ1) is 20.8. The zero-order chi connectivity index (χ0) is 31.5. The highest BCUT2D eigenvalue weighted by Crippen LogP contribution is 2.25. The fourth-order valence-corrected chi connectivity index (χ4v) is 4.53. The van der Waals surface area contributed by atoms with Crippen LogP contribution in [0.4, 0.5) is 9.59 Å². The van der Waals surface area contributed by atoms with Crippen molar-refractivity contribution in [1.29, 1.82) is 0 Å². The van der Waals surface area contributed by atoms with Crippen molar-refractivity contribution in [3.63, 3.8) is 0 Å². The molecule has 2 amide bonds. The number of rotatable bonds is 2. The summed E-state index contributed by atoms with van der Waals surface area (Å²) in [6.45, 7) is 14.8. The Kier molecular flexibility index (Phi) is 8.92. The molecule has 14 heteroatoms.